The summed E-state index contributed by atoms with van der Waals surface area (Å²) in [7, 11) is 0. The molecule has 0 amide bonds. The molecular formula is C13H21NO2. The summed E-state index contributed by atoms with van der Waals surface area (Å²) in [4.78, 5) is 0. The van der Waals surface area contributed by atoms with Crippen LogP contribution < -0.4 is 0 Å². The Morgan fingerprint density at radius 1 is 1.31 bits per heavy atom. The maximum Gasteiger partial charge on any atom is 0.0621 e. The van der Waals surface area contributed by atoms with E-state index in [4.69, 9.17) is 10.4 Å². The number of unbranched alkanes of at least 4 members (excludes halogenated alkanes) is 2. The topological polar surface area (TPSA) is 64.2 Å². The van der Waals surface area contributed by atoms with E-state index < -0.39 is 0 Å². The van der Waals surface area contributed by atoms with Crippen LogP contribution in [0.25, 0.3) is 0 Å². The molecule has 0 aliphatic heterocycles. The summed E-state index contributed by atoms with van der Waals surface area (Å²) < 4.78 is 0. The molecule has 90 valence electrons. The van der Waals surface area contributed by atoms with Gasteiger partial charge in [-0.3, -0.25) is 0 Å². The van der Waals surface area contributed by atoms with Gasteiger partial charge in [0, 0.05) is 13.0 Å². The second kappa shape index (κ2) is 7.43. The van der Waals surface area contributed by atoms with Crippen molar-refractivity contribution in [3.05, 3.63) is 12.2 Å². The fraction of sp³-hybridized carbons (Fsp3) is 0.769. The highest BCUT2D eigenvalue weighted by molar-refractivity contribution is 4.92. The van der Waals surface area contributed by atoms with Gasteiger partial charge in [0.25, 0.3) is 0 Å². The molecule has 0 spiro atoms. The summed E-state index contributed by atoms with van der Waals surface area (Å²) in [6, 6.07) is 2.12. The predicted molar refractivity (Wildman–Crippen MR) is 62.5 cm³/mol. The van der Waals surface area contributed by atoms with E-state index in [1.807, 2.05) is 0 Å². The second-order valence-electron chi connectivity index (χ2n) is 4.51. The molecule has 0 heterocycles. The summed E-state index contributed by atoms with van der Waals surface area (Å²) in [5.41, 5.74) is 0. The maximum atomic E-state index is 9.74. The third-order valence-electron chi connectivity index (χ3n) is 3.40. The van der Waals surface area contributed by atoms with E-state index in [0.717, 1.165) is 32.1 Å². The molecule has 0 aromatic rings. The number of aliphatic hydroxyl groups is 2. The molecule has 1 aliphatic rings. The number of allylic oxidation sites excluding steroid dienone is 2. The van der Waals surface area contributed by atoms with Crippen molar-refractivity contribution in [3.8, 4) is 6.07 Å². The Hall–Kier alpha value is -0.850. The van der Waals surface area contributed by atoms with E-state index >= 15 is 0 Å². The Kier molecular flexibility index (Phi) is 6.14. The van der Waals surface area contributed by atoms with Crippen molar-refractivity contribution < 1.29 is 10.2 Å². The molecule has 16 heavy (non-hydrogen) atoms. The van der Waals surface area contributed by atoms with Gasteiger partial charge in [-0.1, -0.05) is 12.2 Å². The van der Waals surface area contributed by atoms with Crippen LogP contribution in [-0.4, -0.2) is 22.9 Å². The van der Waals surface area contributed by atoms with Gasteiger partial charge in [0.2, 0.25) is 0 Å². The van der Waals surface area contributed by atoms with Gasteiger partial charge in [-0.05, 0) is 43.9 Å². The zero-order valence-electron chi connectivity index (χ0n) is 9.68. The molecule has 1 saturated carbocycles. The lowest BCUT2D eigenvalue weighted by molar-refractivity contribution is 0.0992. The molecule has 0 aromatic heterocycles. The van der Waals surface area contributed by atoms with E-state index in [2.05, 4.69) is 18.2 Å². The van der Waals surface area contributed by atoms with Gasteiger partial charge < -0.3 is 10.2 Å². The Balaban J connectivity index is 2.22. The molecule has 1 fully saturated rings. The minimum atomic E-state index is -0.249. The molecule has 1 aliphatic carbocycles. The van der Waals surface area contributed by atoms with Crippen LogP contribution in [0.1, 0.15) is 38.5 Å². The van der Waals surface area contributed by atoms with Crippen molar-refractivity contribution in [2.45, 2.75) is 44.6 Å². The van der Waals surface area contributed by atoms with Gasteiger partial charge in [-0.15, -0.1) is 0 Å². The van der Waals surface area contributed by atoms with Crippen molar-refractivity contribution in [1.29, 1.82) is 5.26 Å². The molecule has 0 saturated heterocycles. The van der Waals surface area contributed by atoms with Gasteiger partial charge in [0.15, 0.2) is 0 Å². The van der Waals surface area contributed by atoms with E-state index in [-0.39, 0.29) is 24.5 Å². The Labute approximate surface area is 97.4 Å². The van der Waals surface area contributed by atoms with Crippen molar-refractivity contribution in [2.24, 2.45) is 11.8 Å². The van der Waals surface area contributed by atoms with Crippen LogP contribution in [0.2, 0.25) is 0 Å². The Morgan fingerprint density at radius 2 is 2.12 bits per heavy atom. The lowest BCUT2D eigenvalue weighted by atomic mass is 9.92. The first-order chi connectivity index (χ1) is 7.79. The molecule has 0 bridgehead atoms. The summed E-state index contributed by atoms with van der Waals surface area (Å²) >= 11 is 0. The Bertz CT molecular complexity index is 257. The summed E-state index contributed by atoms with van der Waals surface area (Å²) in [6.45, 7) is 0.185. The number of rotatable bonds is 6. The van der Waals surface area contributed by atoms with Crippen molar-refractivity contribution in [2.75, 3.05) is 6.61 Å². The predicted octanol–water partition coefficient (Wildman–Crippen LogP) is 2.01. The van der Waals surface area contributed by atoms with E-state index in [9.17, 15) is 5.11 Å². The third-order valence-corrected chi connectivity index (χ3v) is 3.40. The fourth-order valence-electron chi connectivity index (χ4n) is 2.37. The molecule has 3 heteroatoms. The van der Waals surface area contributed by atoms with Gasteiger partial charge in [-0.2, -0.15) is 5.26 Å². The zero-order valence-corrected chi connectivity index (χ0v) is 9.68. The number of nitriles is 1. The SMILES string of the molecule is N#CCCC/C=C\C[C@@H]1C(CO)CC[C@H]1O. The highest BCUT2D eigenvalue weighted by Gasteiger charge is 2.33. The molecule has 1 rings (SSSR count). The summed E-state index contributed by atoms with van der Waals surface area (Å²) in [6.07, 6.45) is 8.96. The van der Waals surface area contributed by atoms with Crippen molar-refractivity contribution >= 4 is 0 Å². The largest absolute Gasteiger partial charge is 0.396 e. The van der Waals surface area contributed by atoms with Gasteiger partial charge in [0.05, 0.1) is 12.2 Å². The van der Waals surface area contributed by atoms with Crippen LogP contribution >= 0.6 is 0 Å². The first-order valence-corrected chi connectivity index (χ1v) is 6.10. The first kappa shape index (κ1) is 13.2. The summed E-state index contributed by atoms with van der Waals surface area (Å²) in [5.74, 6) is 0.482. The first-order valence-electron chi connectivity index (χ1n) is 6.10. The van der Waals surface area contributed by atoms with E-state index in [1.54, 1.807) is 0 Å². The van der Waals surface area contributed by atoms with Gasteiger partial charge in [-0.25, -0.2) is 0 Å². The molecular weight excluding hydrogens is 202 g/mol. The normalized spacial score (nSPS) is 29.7. The minimum Gasteiger partial charge on any atom is -0.396 e. The molecule has 1 unspecified atom stereocenters. The molecule has 3 nitrogen and oxygen atoms in total. The van der Waals surface area contributed by atoms with Crippen LogP contribution in [0.3, 0.4) is 0 Å². The number of hydrogen-bond donors (Lipinski definition) is 2. The van der Waals surface area contributed by atoms with Crippen LogP contribution in [0.4, 0.5) is 0 Å². The highest BCUT2D eigenvalue weighted by atomic mass is 16.3. The second-order valence-corrected chi connectivity index (χ2v) is 4.51. The average molecular weight is 223 g/mol. The van der Waals surface area contributed by atoms with Gasteiger partial charge >= 0.3 is 0 Å². The zero-order chi connectivity index (χ0) is 11.8. The average Bonchev–Trinajstić information content (AvgIpc) is 2.65. The number of hydrogen-bond acceptors (Lipinski definition) is 3. The molecule has 0 aromatic carbocycles. The van der Waals surface area contributed by atoms with Crippen LogP contribution in [0.15, 0.2) is 12.2 Å². The lowest BCUT2D eigenvalue weighted by Gasteiger charge is -2.18. The van der Waals surface area contributed by atoms with E-state index in [0.29, 0.717) is 6.42 Å². The Morgan fingerprint density at radius 3 is 2.81 bits per heavy atom. The van der Waals surface area contributed by atoms with Crippen molar-refractivity contribution in [1.82, 2.24) is 0 Å². The van der Waals surface area contributed by atoms with E-state index in [1.165, 1.54) is 0 Å². The monoisotopic (exact) mass is 223 g/mol. The number of aliphatic hydroxyl groups excluding tert-OH is 2. The lowest BCUT2D eigenvalue weighted by Crippen LogP contribution is -2.20. The minimum absolute atomic E-state index is 0.185. The molecule has 0 radical (unpaired) electrons. The maximum absolute atomic E-state index is 9.74. The van der Waals surface area contributed by atoms with Crippen LogP contribution in [-0.2, 0) is 0 Å². The van der Waals surface area contributed by atoms with Crippen LogP contribution in [0, 0.1) is 23.2 Å². The smallest absolute Gasteiger partial charge is 0.0621 e. The quantitative estimate of drug-likeness (QED) is 0.534. The third kappa shape index (κ3) is 3.96. The van der Waals surface area contributed by atoms with Crippen LogP contribution in [0.5, 0.6) is 0 Å². The van der Waals surface area contributed by atoms with Crippen molar-refractivity contribution in [3.63, 3.8) is 0 Å². The fourth-order valence-corrected chi connectivity index (χ4v) is 2.37. The summed E-state index contributed by atoms with van der Waals surface area (Å²) in [5, 5.41) is 27.3. The molecule has 3 atom stereocenters. The molecule has 2 N–H and O–H groups in total. The number of nitrogens with zero attached hydrogens (tertiary/aromatic N) is 1. The standard InChI is InChI=1S/C13H21NO2/c14-9-5-3-1-2-4-6-12-11(10-15)7-8-13(12)16/h2,4,11-13,15-16H,1,3,5-8,10H2/b4-2-/t11?,12-,13-/m1/s1. The highest BCUT2D eigenvalue weighted by Crippen LogP contribution is 2.34. The van der Waals surface area contributed by atoms with Gasteiger partial charge in [0.1, 0.15) is 0 Å².